The minimum Gasteiger partial charge on any atom is -0.477 e. The molecule has 4 heterocycles. The summed E-state index contributed by atoms with van der Waals surface area (Å²) in [7, 11) is 0. The number of carbonyl (C=O) groups is 3. The third-order valence-electron chi connectivity index (χ3n) is 8.61. The van der Waals surface area contributed by atoms with Gasteiger partial charge in [-0.3, -0.25) is 14.5 Å². The van der Waals surface area contributed by atoms with Crippen LogP contribution in [0.3, 0.4) is 0 Å². The molecule has 2 aromatic heterocycles. The average Bonchev–Trinajstić information content (AvgIpc) is 3.83. The molecule has 0 unspecified atom stereocenters. The molecule has 276 valence electrons. The molecule has 7 rings (SSSR count). The van der Waals surface area contributed by atoms with Gasteiger partial charge in [-0.25, -0.2) is 9.78 Å². The molecule has 0 saturated carbocycles. The van der Waals surface area contributed by atoms with Gasteiger partial charge in [-0.15, -0.1) is 27.9 Å². The maximum absolute atomic E-state index is 14.0. The first-order chi connectivity index (χ1) is 26.2. The molecule has 0 spiro atoms. The quantitative estimate of drug-likeness (QED) is 0.0316. The Bertz CT molecular complexity index is 2120. The molecule has 15 nitrogen and oxygen atoms in total. The van der Waals surface area contributed by atoms with Gasteiger partial charge in [0.2, 0.25) is 5.16 Å². The van der Waals surface area contributed by atoms with Crippen LogP contribution >= 0.6 is 34.9 Å². The van der Waals surface area contributed by atoms with Crippen LogP contribution in [-0.4, -0.2) is 87.8 Å². The van der Waals surface area contributed by atoms with E-state index in [0.29, 0.717) is 21.6 Å². The van der Waals surface area contributed by atoms with E-state index < -0.39 is 34.7 Å². The lowest BCUT2D eigenvalue weighted by molar-refractivity contribution is -0.150. The Morgan fingerprint density at radius 3 is 2.19 bits per heavy atom. The van der Waals surface area contributed by atoms with Crippen LogP contribution in [0.5, 0.6) is 0 Å². The summed E-state index contributed by atoms with van der Waals surface area (Å²) >= 11 is 3.78. The monoisotopic (exact) mass is 782 g/mol. The number of hydrogen-bond donors (Lipinski definition) is 4. The summed E-state index contributed by atoms with van der Waals surface area (Å²) in [6, 6.07) is 29.1. The van der Waals surface area contributed by atoms with Crippen molar-refractivity contribution in [3.8, 4) is 0 Å². The SMILES string of the molecule is CC(C)O/N=C(\C(=O)N[C@@H]1C(=O)N2C(C(=O)O)=C(CSc3nnnn3N)CS[C@@H]12)c1csc(NC(c2ccccc2)(c2ccccc2)c2ccccc2)n1. The van der Waals surface area contributed by atoms with E-state index in [2.05, 4.69) is 67.7 Å². The number of amides is 2. The molecule has 2 amide bonds. The number of carboxylic acids is 1. The standard InChI is InChI=1S/C36H34N10O5S3/c1-21(2)51-42-27(30(47)39-28-31(48)45-29(33(49)50)22(18-52-32(28)45)19-54-35-41-43-44-46(35)37)26-20-53-34(38-26)40-36(23-12-6-3-7-13-23,24-14-8-4-9-15-24)25-16-10-5-11-17-25/h3-17,20-21,28,32H,18-19,37H2,1-2H3,(H,38,40)(H,39,47)(H,49,50)/b42-27-/t28-,32+/m1/s1. The van der Waals surface area contributed by atoms with E-state index in [-0.39, 0.29) is 29.0 Å². The first-order valence-corrected chi connectivity index (χ1v) is 19.6. The van der Waals surface area contributed by atoms with Gasteiger partial charge in [0.1, 0.15) is 34.4 Å². The van der Waals surface area contributed by atoms with Crippen molar-refractivity contribution in [2.45, 2.75) is 42.1 Å². The number of nitrogens with one attached hydrogen (secondary N) is 2. The number of oxime groups is 1. The molecular formula is C36H34N10O5S3. The summed E-state index contributed by atoms with van der Waals surface area (Å²) in [4.78, 5) is 52.4. The molecule has 3 aromatic carbocycles. The van der Waals surface area contributed by atoms with Crippen LogP contribution in [-0.2, 0) is 24.8 Å². The average molecular weight is 783 g/mol. The summed E-state index contributed by atoms with van der Waals surface area (Å²) < 4.78 is 0. The lowest BCUT2D eigenvalue weighted by Gasteiger charge is -2.49. The third kappa shape index (κ3) is 7.14. The van der Waals surface area contributed by atoms with E-state index in [1.165, 1.54) is 28.0 Å². The maximum Gasteiger partial charge on any atom is 0.352 e. The smallest absolute Gasteiger partial charge is 0.352 e. The molecule has 1 saturated heterocycles. The minimum absolute atomic E-state index is 0.129. The van der Waals surface area contributed by atoms with Gasteiger partial charge in [-0.1, -0.05) is 113 Å². The Kier molecular flexibility index (Phi) is 10.7. The Balaban J connectivity index is 1.15. The molecule has 5 aromatic rings. The summed E-state index contributed by atoms with van der Waals surface area (Å²) in [6.07, 6.45) is -0.357. The molecule has 2 aliphatic rings. The Labute approximate surface area is 322 Å². The van der Waals surface area contributed by atoms with Gasteiger partial charge in [0.15, 0.2) is 10.8 Å². The van der Waals surface area contributed by atoms with Gasteiger partial charge in [-0.2, -0.15) is 0 Å². The van der Waals surface area contributed by atoms with Crippen molar-refractivity contribution in [2.24, 2.45) is 5.16 Å². The zero-order valence-corrected chi connectivity index (χ0v) is 31.3. The zero-order chi connectivity index (χ0) is 37.8. The Morgan fingerprint density at radius 2 is 1.65 bits per heavy atom. The van der Waals surface area contributed by atoms with Crippen molar-refractivity contribution in [1.29, 1.82) is 0 Å². The Hall–Kier alpha value is -5.72. The van der Waals surface area contributed by atoms with Gasteiger partial charge in [0, 0.05) is 16.9 Å². The second-order valence-electron chi connectivity index (χ2n) is 12.4. The molecule has 0 aliphatic carbocycles. The second-order valence-corrected chi connectivity index (χ2v) is 15.3. The van der Waals surface area contributed by atoms with E-state index in [9.17, 15) is 19.5 Å². The van der Waals surface area contributed by atoms with Gasteiger partial charge in [0.25, 0.3) is 11.8 Å². The first-order valence-electron chi connectivity index (χ1n) is 16.7. The number of nitrogens with zero attached hydrogens (tertiary/aromatic N) is 7. The second kappa shape index (κ2) is 15.7. The van der Waals surface area contributed by atoms with Gasteiger partial charge < -0.3 is 26.4 Å². The van der Waals surface area contributed by atoms with Gasteiger partial charge in [-0.05, 0) is 46.5 Å². The van der Waals surface area contributed by atoms with Crippen LogP contribution in [0.1, 0.15) is 36.2 Å². The minimum atomic E-state index is -1.26. The van der Waals surface area contributed by atoms with Crippen molar-refractivity contribution in [3.63, 3.8) is 0 Å². The number of carboxylic acid groups (broad SMARTS) is 1. The highest BCUT2D eigenvalue weighted by Gasteiger charge is 2.54. The predicted molar refractivity (Wildman–Crippen MR) is 206 cm³/mol. The fourth-order valence-electron chi connectivity index (χ4n) is 6.18. The van der Waals surface area contributed by atoms with Crippen LogP contribution in [0.25, 0.3) is 0 Å². The predicted octanol–water partition coefficient (Wildman–Crippen LogP) is 3.91. The number of thioether (sulfide) groups is 2. The molecular weight excluding hydrogens is 749 g/mol. The number of rotatable bonds is 14. The number of β-lactam (4-membered cyclic amide) rings is 1. The molecule has 5 N–H and O–H groups in total. The zero-order valence-electron chi connectivity index (χ0n) is 28.9. The van der Waals surface area contributed by atoms with E-state index in [1.807, 2.05) is 54.6 Å². The number of anilines is 1. The normalized spacial score (nSPS) is 17.2. The first kappa shape index (κ1) is 36.6. The number of nitrogen functional groups attached to an aromatic ring is 1. The van der Waals surface area contributed by atoms with E-state index in [0.717, 1.165) is 33.2 Å². The van der Waals surface area contributed by atoms with E-state index >= 15 is 0 Å². The van der Waals surface area contributed by atoms with Crippen molar-refractivity contribution in [1.82, 2.24) is 35.5 Å². The van der Waals surface area contributed by atoms with E-state index in [4.69, 9.17) is 15.7 Å². The van der Waals surface area contributed by atoms with Crippen LogP contribution < -0.4 is 16.5 Å². The summed E-state index contributed by atoms with van der Waals surface area (Å²) in [5.41, 5.74) is 2.53. The summed E-state index contributed by atoms with van der Waals surface area (Å²) in [5, 5.41) is 33.5. The number of nitrogens with two attached hydrogens (primary N) is 1. The van der Waals surface area contributed by atoms with Gasteiger partial charge in [0.05, 0.1) is 0 Å². The summed E-state index contributed by atoms with van der Waals surface area (Å²) in [5.74, 6) is 3.68. The van der Waals surface area contributed by atoms with Crippen LogP contribution in [0.15, 0.2) is 118 Å². The number of carbonyl (C=O) groups excluding carboxylic acids is 2. The number of aromatic nitrogens is 5. The molecule has 2 aliphatic heterocycles. The van der Waals surface area contributed by atoms with Crippen LogP contribution in [0.4, 0.5) is 5.13 Å². The highest BCUT2D eigenvalue weighted by molar-refractivity contribution is 8.01. The molecule has 1 fully saturated rings. The lowest BCUT2D eigenvalue weighted by Crippen LogP contribution is -2.71. The van der Waals surface area contributed by atoms with E-state index in [1.54, 1.807) is 19.2 Å². The lowest BCUT2D eigenvalue weighted by atomic mass is 9.77. The number of fused-ring (bicyclic) bond motifs is 1. The number of aliphatic carboxylic acids is 1. The molecule has 0 radical (unpaired) electrons. The Morgan fingerprint density at radius 1 is 1.04 bits per heavy atom. The summed E-state index contributed by atoms with van der Waals surface area (Å²) in [6.45, 7) is 3.55. The van der Waals surface area contributed by atoms with Crippen LogP contribution in [0.2, 0.25) is 0 Å². The molecule has 2 atom stereocenters. The van der Waals surface area contributed by atoms with Crippen molar-refractivity contribution < 1.29 is 24.3 Å². The van der Waals surface area contributed by atoms with Crippen molar-refractivity contribution in [3.05, 3.63) is 130 Å². The van der Waals surface area contributed by atoms with Crippen molar-refractivity contribution in [2.75, 3.05) is 22.7 Å². The number of thiazole rings is 1. The van der Waals surface area contributed by atoms with Crippen LogP contribution in [0, 0.1) is 0 Å². The topological polar surface area (TPSA) is 203 Å². The number of tetrazole rings is 1. The molecule has 54 heavy (non-hydrogen) atoms. The maximum atomic E-state index is 14.0. The highest BCUT2D eigenvalue weighted by Crippen LogP contribution is 2.42. The highest BCUT2D eigenvalue weighted by atomic mass is 32.2. The molecule has 18 heteroatoms. The van der Waals surface area contributed by atoms with Crippen molar-refractivity contribution >= 4 is 63.5 Å². The number of hydrogen-bond acceptors (Lipinski definition) is 14. The molecule has 0 bridgehead atoms. The van der Waals surface area contributed by atoms with Gasteiger partial charge >= 0.3 is 5.97 Å². The fourth-order valence-corrected chi connectivity index (χ4v) is 9.21. The third-order valence-corrected chi connectivity index (χ3v) is 11.7. The fraction of sp³-hybridized carbons (Fsp3) is 0.222. The largest absolute Gasteiger partial charge is 0.477 e. The number of benzene rings is 3.